The normalized spacial score (nSPS) is 10.5. The number of pyridine rings is 1. The maximum absolute atomic E-state index is 11.8. The quantitative estimate of drug-likeness (QED) is 0.651. The first-order chi connectivity index (χ1) is 12.6. The molecule has 3 N–H and O–H groups in total. The fourth-order valence-corrected chi connectivity index (χ4v) is 2.35. The Labute approximate surface area is 150 Å². The number of aromatic hydroxyl groups is 1. The number of nitrogens with one attached hydrogen (secondary N) is 2. The van der Waals surface area contributed by atoms with Gasteiger partial charge in [-0.05, 0) is 36.8 Å². The first kappa shape index (κ1) is 17.4. The van der Waals surface area contributed by atoms with E-state index in [-0.39, 0.29) is 11.8 Å². The van der Waals surface area contributed by atoms with Gasteiger partial charge in [0, 0.05) is 12.1 Å². The van der Waals surface area contributed by atoms with Crippen molar-refractivity contribution in [2.45, 2.75) is 13.3 Å². The van der Waals surface area contributed by atoms with Crippen molar-refractivity contribution in [3.63, 3.8) is 0 Å². The summed E-state index contributed by atoms with van der Waals surface area (Å²) in [4.78, 5) is 24.9. The third-order valence-electron chi connectivity index (χ3n) is 3.66. The van der Waals surface area contributed by atoms with Gasteiger partial charge in [-0.3, -0.25) is 5.32 Å². The molecule has 3 rings (SSSR count). The molecule has 0 saturated heterocycles. The molecule has 0 bridgehead atoms. The fraction of sp³-hybridized carbons (Fsp3) is 0.222. The third kappa shape index (κ3) is 3.80. The van der Waals surface area contributed by atoms with Crippen molar-refractivity contribution in [1.82, 2.24) is 20.3 Å². The Bertz CT molecular complexity index is 945. The topological polar surface area (TPSA) is 109 Å². The summed E-state index contributed by atoms with van der Waals surface area (Å²) in [6.07, 6.45) is 2.33. The number of carbonyl (C=O) groups excluding carboxylic acids is 1. The van der Waals surface area contributed by atoms with Crippen molar-refractivity contribution in [2.75, 3.05) is 19.0 Å². The Morgan fingerprint density at radius 3 is 2.85 bits per heavy atom. The smallest absolute Gasteiger partial charge is 0.320 e. The van der Waals surface area contributed by atoms with E-state index >= 15 is 0 Å². The Hall–Kier alpha value is -3.42. The van der Waals surface area contributed by atoms with Gasteiger partial charge in [0.15, 0.2) is 23.0 Å². The van der Waals surface area contributed by atoms with Crippen molar-refractivity contribution in [3.05, 3.63) is 36.5 Å². The zero-order valence-corrected chi connectivity index (χ0v) is 14.5. The zero-order valence-electron chi connectivity index (χ0n) is 14.5. The van der Waals surface area contributed by atoms with Crippen LogP contribution in [0, 0.1) is 0 Å². The van der Waals surface area contributed by atoms with Crippen LogP contribution in [0.4, 0.5) is 10.6 Å². The number of hydrogen-bond donors (Lipinski definition) is 3. The van der Waals surface area contributed by atoms with Crippen molar-refractivity contribution in [3.8, 4) is 22.8 Å². The van der Waals surface area contributed by atoms with E-state index in [0.717, 1.165) is 12.0 Å². The number of phenols is 1. The molecule has 0 radical (unpaired) electrons. The summed E-state index contributed by atoms with van der Waals surface area (Å²) in [7, 11) is 1.49. The lowest BCUT2D eigenvalue weighted by Gasteiger charge is -2.08. The van der Waals surface area contributed by atoms with Gasteiger partial charge in [-0.25, -0.2) is 19.7 Å². The summed E-state index contributed by atoms with van der Waals surface area (Å²) >= 11 is 0. The highest BCUT2D eigenvalue weighted by atomic mass is 16.5. The van der Waals surface area contributed by atoms with E-state index in [1.54, 1.807) is 24.3 Å². The average Bonchev–Trinajstić information content (AvgIpc) is 2.66. The molecule has 8 heteroatoms. The molecule has 2 heterocycles. The van der Waals surface area contributed by atoms with Crippen LogP contribution in [0.3, 0.4) is 0 Å². The first-order valence-electron chi connectivity index (χ1n) is 8.16. The summed E-state index contributed by atoms with van der Waals surface area (Å²) in [5.41, 5.74) is 2.43. The second-order valence-corrected chi connectivity index (χ2v) is 5.56. The SMILES string of the molecule is CCCNC(=O)Nc1cnc2ccc(-c3ccc(O)c(OC)c3)nc2n1. The van der Waals surface area contributed by atoms with Crippen LogP contribution < -0.4 is 15.4 Å². The van der Waals surface area contributed by atoms with Gasteiger partial charge in [0.05, 0.1) is 19.0 Å². The van der Waals surface area contributed by atoms with E-state index in [1.807, 2.05) is 13.0 Å². The molecule has 2 amide bonds. The second kappa shape index (κ2) is 7.64. The van der Waals surface area contributed by atoms with E-state index in [9.17, 15) is 9.90 Å². The molecule has 0 aliphatic carbocycles. The lowest BCUT2D eigenvalue weighted by Crippen LogP contribution is -2.29. The molecule has 26 heavy (non-hydrogen) atoms. The average molecular weight is 353 g/mol. The highest BCUT2D eigenvalue weighted by Gasteiger charge is 2.09. The van der Waals surface area contributed by atoms with Crippen LogP contribution in [0.25, 0.3) is 22.4 Å². The Morgan fingerprint density at radius 2 is 2.08 bits per heavy atom. The van der Waals surface area contributed by atoms with Crippen molar-refractivity contribution in [2.24, 2.45) is 0 Å². The van der Waals surface area contributed by atoms with Gasteiger partial charge in [-0.1, -0.05) is 6.92 Å². The molecule has 0 fully saturated rings. The van der Waals surface area contributed by atoms with Crippen molar-refractivity contribution >= 4 is 23.0 Å². The van der Waals surface area contributed by atoms with Gasteiger partial charge in [0.25, 0.3) is 0 Å². The van der Waals surface area contributed by atoms with Gasteiger partial charge < -0.3 is 15.2 Å². The maximum atomic E-state index is 11.8. The largest absolute Gasteiger partial charge is 0.504 e. The van der Waals surface area contributed by atoms with Gasteiger partial charge in [-0.2, -0.15) is 0 Å². The minimum atomic E-state index is -0.333. The number of benzene rings is 1. The molecule has 3 aromatic rings. The van der Waals surface area contributed by atoms with Crippen LogP contribution in [-0.4, -0.2) is 39.7 Å². The van der Waals surface area contributed by atoms with Crippen molar-refractivity contribution < 1.29 is 14.6 Å². The predicted molar refractivity (Wildman–Crippen MR) is 98.3 cm³/mol. The lowest BCUT2D eigenvalue weighted by molar-refractivity contribution is 0.252. The molecule has 0 spiro atoms. The van der Waals surface area contributed by atoms with Crippen LogP contribution in [0.1, 0.15) is 13.3 Å². The predicted octanol–water partition coefficient (Wildman–Crippen LogP) is 2.94. The number of anilines is 1. The van der Waals surface area contributed by atoms with E-state index in [2.05, 4.69) is 25.6 Å². The number of hydrogen-bond acceptors (Lipinski definition) is 6. The van der Waals surface area contributed by atoms with Crippen LogP contribution in [0.15, 0.2) is 36.5 Å². The fourth-order valence-electron chi connectivity index (χ4n) is 2.35. The van der Waals surface area contributed by atoms with E-state index in [1.165, 1.54) is 13.3 Å². The molecular weight excluding hydrogens is 334 g/mol. The molecule has 2 aromatic heterocycles. The molecule has 0 unspecified atom stereocenters. The molecule has 0 atom stereocenters. The number of nitrogens with zero attached hydrogens (tertiary/aromatic N) is 3. The number of fused-ring (bicyclic) bond motifs is 1. The number of rotatable bonds is 5. The van der Waals surface area contributed by atoms with Crippen LogP contribution in [-0.2, 0) is 0 Å². The molecular formula is C18H19N5O3. The highest BCUT2D eigenvalue weighted by molar-refractivity contribution is 5.89. The number of amides is 2. The molecule has 134 valence electrons. The Morgan fingerprint density at radius 1 is 1.23 bits per heavy atom. The maximum Gasteiger partial charge on any atom is 0.320 e. The van der Waals surface area contributed by atoms with Gasteiger partial charge in [0.2, 0.25) is 0 Å². The van der Waals surface area contributed by atoms with Gasteiger partial charge in [0.1, 0.15) is 5.52 Å². The summed E-state index contributed by atoms with van der Waals surface area (Å²) < 4.78 is 5.13. The van der Waals surface area contributed by atoms with Crippen LogP contribution >= 0.6 is 0 Å². The van der Waals surface area contributed by atoms with E-state index in [4.69, 9.17) is 4.74 Å². The van der Waals surface area contributed by atoms with Crippen LogP contribution in [0.5, 0.6) is 11.5 Å². The Kier molecular flexibility index (Phi) is 5.12. The number of carbonyl (C=O) groups is 1. The molecule has 0 saturated carbocycles. The number of urea groups is 1. The number of aromatic nitrogens is 3. The minimum absolute atomic E-state index is 0.0569. The first-order valence-corrected chi connectivity index (χ1v) is 8.16. The summed E-state index contributed by atoms with van der Waals surface area (Å²) in [6, 6.07) is 8.24. The van der Waals surface area contributed by atoms with Crippen LogP contribution in [0.2, 0.25) is 0 Å². The molecule has 0 aliphatic heterocycles. The monoisotopic (exact) mass is 353 g/mol. The van der Waals surface area contributed by atoms with Gasteiger partial charge >= 0.3 is 6.03 Å². The summed E-state index contributed by atoms with van der Waals surface area (Å²) in [5, 5.41) is 15.1. The number of phenolic OH excluding ortho intramolecular Hbond substituents is 1. The Balaban J connectivity index is 1.91. The molecule has 1 aromatic carbocycles. The lowest BCUT2D eigenvalue weighted by atomic mass is 10.1. The highest BCUT2D eigenvalue weighted by Crippen LogP contribution is 2.31. The minimum Gasteiger partial charge on any atom is -0.504 e. The molecule has 8 nitrogen and oxygen atoms in total. The summed E-state index contributed by atoms with van der Waals surface area (Å²) in [6.45, 7) is 2.55. The van der Waals surface area contributed by atoms with Crippen molar-refractivity contribution in [1.29, 1.82) is 0 Å². The molecule has 0 aliphatic rings. The van der Waals surface area contributed by atoms with Gasteiger partial charge in [-0.15, -0.1) is 0 Å². The number of ether oxygens (including phenoxy) is 1. The van der Waals surface area contributed by atoms with E-state index < -0.39 is 0 Å². The second-order valence-electron chi connectivity index (χ2n) is 5.56. The summed E-state index contributed by atoms with van der Waals surface area (Å²) in [5.74, 6) is 0.735. The third-order valence-corrected chi connectivity index (χ3v) is 3.66. The van der Waals surface area contributed by atoms with E-state index in [0.29, 0.717) is 35.0 Å². The zero-order chi connectivity index (χ0) is 18.5. The standard InChI is InChI=1S/C18H19N5O3/c1-3-8-19-18(25)23-16-10-20-13-6-5-12(21-17(13)22-16)11-4-7-14(24)15(9-11)26-2/h4-7,9-10,24H,3,8H2,1-2H3,(H2,19,21,22,23,25). The number of methoxy groups -OCH3 is 1.